The van der Waals surface area contributed by atoms with Crippen LogP contribution < -0.4 is 0 Å². The Labute approximate surface area is 158 Å². The van der Waals surface area contributed by atoms with Crippen molar-refractivity contribution < 1.29 is 18.7 Å². The number of carbonyl (C=O) groups excluding carboxylic acids is 2. The van der Waals surface area contributed by atoms with Crippen LogP contribution in [0.2, 0.25) is 0 Å². The topological polar surface area (TPSA) is 46.6 Å². The molecule has 5 heteroatoms. The molecule has 4 nitrogen and oxygen atoms in total. The summed E-state index contributed by atoms with van der Waals surface area (Å²) in [6.45, 7) is 0. The Bertz CT molecular complexity index is 796. The zero-order valence-electron chi connectivity index (χ0n) is 15.7. The van der Waals surface area contributed by atoms with Gasteiger partial charge in [0.2, 0.25) is 6.10 Å². The molecule has 1 saturated carbocycles. The van der Waals surface area contributed by atoms with E-state index in [1.807, 2.05) is 18.2 Å². The molecule has 0 aromatic heterocycles. The molecular formula is C22H24FNO3. The lowest BCUT2D eigenvalue weighted by molar-refractivity contribution is -0.165. The van der Waals surface area contributed by atoms with Crippen LogP contribution in [0.5, 0.6) is 0 Å². The molecule has 2 aromatic carbocycles. The van der Waals surface area contributed by atoms with Crippen molar-refractivity contribution in [3.05, 3.63) is 71.5 Å². The van der Waals surface area contributed by atoms with Gasteiger partial charge in [-0.3, -0.25) is 9.59 Å². The molecule has 142 valence electrons. The molecule has 0 heterocycles. The van der Waals surface area contributed by atoms with Gasteiger partial charge in [-0.1, -0.05) is 55.3 Å². The minimum Gasteiger partial charge on any atom is -0.447 e. The number of esters is 1. The van der Waals surface area contributed by atoms with Crippen LogP contribution in [-0.2, 0) is 19.7 Å². The maximum absolute atomic E-state index is 13.4. The first-order valence-corrected chi connectivity index (χ1v) is 9.17. The van der Waals surface area contributed by atoms with E-state index in [1.165, 1.54) is 17.0 Å². The first kappa shape index (κ1) is 19.1. The van der Waals surface area contributed by atoms with Gasteiger partial charge >= 0.3 is 5.97 Å². The smallest absolute Gasteiger partial charge is 0.317 e. The third kappa shape index (κ3) is 3.87. The van der Waals surface area contributed by atoms with Gasteiger partial charge in [-0.15, -0.1) is 0 Å². The van der Waals surface area contributed by atoms with Gasteiger partial charge in [0.25, 0.3) is 5.91 Å². The van der Waals surface area contributed by atoms with Crippen LogP contribution in [0.3, 0.4) is 0 Å². The number of halogens is 1. The van der Waals surface area contributed by atoms with E-state index in [1.54, 1.807) is 38.4 Å². The first-order valence-electron chi connectivity index (χ1n) is 9.17. The van der Waals surface area contributed by atoms with Crippen molar-refractivity contribution in [3.63, 3.8) is 0 Å². The van der Waals surface area contributed by atoms with Gasteiger partial charge in [0, 0.05) is 19.7 Å². The maximum Gasteiger partial charge on any atom is 0.317 e. The average Bonchev–Trinajstić information content (AvgIpc) is 3.17. The first-order chi connectivity index (χ1) is 12.9. The molecule has 1 fully saturated rings. The second-order valence-electron chi connectivity index (χ2n) is 7.22. The van der Waals surface area contributed by atoms with Crippen LogP contribution in [0, 0.1) is 5.82 Å². The summed E-state index contributed by atoms with van der Waals surface area (Å²) >= 11 is 0. The molecule has 1 atom stereocenters. The number of likely N-dealkylation sites (N-methyl/N-ethyl adjacent to an activating group) is 1. The summed E-state index contributed by atoms with van der Waals surface area (Å²) in [6.07, 6.45) is 2.06. The van der Waals surface area contributed by atoms with Gasteiger partial charge in [0.1, 0.15) is 5.82 Å². The highest BCUT2D eigenvalue weighted by Crippen LogP contribution is 2.43. The van der Waals surface area contributed by atoms with Gasteiger partial charge < -0.3 is 9.64 Å². The molecule has 0 radical (unpaired) electrons. The zero-order valence-corrected chi connectivity index (χ0v) is 15.7. The summed E-state index contributed by atoms with van der Waals surface area (Å²) < 4.78 is 19.2. The minimum absolute atomic E-state index is 0.290. The molecule has 3 rings (SSSR count). The molecule has 1 aliphatic carbocycles. The second-order valence-corrected chi connectivity index (χ2v) is 7.22. The van der Waals surface area contributed by atoms with Crippen LogP contribution in [0.4, 0.5) is 4.39 Å². The Hall–Kier alpha value is -2.69. The maximum atomic E-state index is 13.4. The quantitative estimate of drug-likeness (QED) is 0.748. The lowest BCUT2D eigenvalue weighted by Crippen LogP contribution is -2.39. The molecule has 1 aliphatic rings. The fraction of sp³-hybridized carbons (Fsp3) is 0.364. The van der Waals surface area contributed by atoms with Crippen molar-refractivity contribution in [2.75, 3.05) is 14.1 Å². The Morgan fingerprint density at radius 3 is 2.15 bits per heavy atom. The highest BCUT2D eigenvalue weighted by atomic mass is 19.1. The van der Waals surface area contributed by atoms with E-state index in [2.05, 4.69) is 0 Å². The molecule has 0 bridgehead atoms. The predicted octanol–water partition coefficient (Wildman–Crippen LogP) is 4.01. The third-order valence-electron chi connectivity index (χ3n) is 5.24. The normalized spacial score (nSPS) is 16.6. The SMILES string of the molecule is CN(C)C(=O)[C@@H](OC(=O)C1(c2ccc(F)cc2)CCCC1)c1ccccc1. The van der Waals surface area contributed by atoms with Crippen molar-refractivity contribution in [1.29, 1.82) is 0 Å². The van der Waals surface area contributed by atoms with Crippen LogP contribution in [0.25, 0.3) is 0 Å². The van der Waals surface area contributed by atoms with Gasteiger partial charge in [-0.2, -0.15) is 0 Å². The Balaban J connectivity index is 1.93. The molecule has 1 amide bonds. The standard InChI is InChI=1S/C22H24FNO3/c1-24(2)20(25)19(16-8-4-3-5-9-16)27-21(26)22(14-6-7-15-22)17-10-12-18(23)13-11-17/h3-5,8-13,19H,6-7,14-15H2,1-2H3/t19-/m0/s1. The lowest BCUT2D eigenvalue weighted by Gasteiger charge is -2.30. The van der Waals surface area contributed by atoms with E-state index in [9.17, 15) is 14.0 Å². The minimum atomic E-state index is -0.994. The fourth-order valence-electron chi connectivity index (χ4n) is 3.70. The van der Waals surface area contributed by atoms with Crippen molar-refractivity contribution >= 4 is 11.9 Å². The summed E-state index contributed by atoms with van der Waals surface area (Å²) in [4.78, 5) is 27.4. The zero-order chi connectivity index (χ0) is 19.4. The Kier molecular flexibility index (Phi) is 5.59. The molecule has 0 N–H and O–H groups in total. The van der Waals surface area contributed by atoms with Crippen molar-refractivity contribution in [1.82, 2.24) is 4.90 Å². The molecule has 2 aromatic rings. The summed E-state index contributed by atoms with van der Waals surface area (Å²) in [5.74, 6) is -1.05. The molecule has 0 saturated heterocycles. The predicted molar refractivity (Wildman–Crippen MR) is 101 cm³/mol. The van der Waals surface area contributed by atoms with E-state index < -0.39 is 17.5 Å². The summed E-state index contributed by atoms with van der Waals surface area (Å²) in [5.41, 5.74) is 0.556. The van der Waals surface area contributed by atoms with E-state index in [-0.39, 0.29) is 11.7 Å². The Morgan fingerprint density at radius 1 is 1.00 bits per heavy atom. The van der Waals surface area contributed by atoms with Gasteiger partial charge in [0.05, 0.1) is 5.41 Å². The number of hydrogen-bond donors (Lipinski definition) is 0. The van der Waals surface area contributed by atoms with Crippen molar-refractivity contribution in [2.45, 2.75) is 37.2 Å². The molecule has 0 aliphatic heterocycles. The summed E-state index contributed by atoms with van der Waals surface area (Å²) in [7, 11) is 3.27. The Morgan fingerprint density at radius 2 is 1.59 bits per heavy atom. The van der Waals surface area contributed by atoms with E-state index in [0.29, 0.717) is 18.4 Å². The molecular weight excluding hydrogens is 345 g/mol. The third-order valence-corrected chi connectivity index (χ3v) is 5.24. The monoisotopic (exact) mass is 369 g/mol. The van der Waals surface area contributed by atoms with Crippen molar-refractivity contribution in [3.8, 4) is 0 Å². The summed E-state index contributed by atoms with van der Waals surface area (Å²) in [6, 6.07) is 15.0. The van der Waals surface area contributed by atoms with Crippen LogP contribution in [0.1, 0.15) is 42.9 Å². The number of benzene rings is 2. The van der Waals surface area contributed by atoms with E-state index in [0.717, 1.165) is 18.4 Å². The largest absolute Gasteiger partial charge is 0.447 e. The van der Waals surface area contributed by atoms with Crippen LogP contribution in [-0.4, -0.2) is 30.9 Å². The number of nitrogens with zero attached hydrogens (tertiary/aromatic N) is 1. The second kappa shape index (κ2) is 7.91. The number of amides is 1. The number of hydrogen-bond acceptors (Lipinski definition) is 3. The number of ether oxygens (including phenoxy) is 1. The number of carbonyl (C=O) groups is 2. The average molecular weight is 369 g/mol. The highest BCUT2D eigenvalue weighted by Gasteiger charge is 2.46. The molecule has 27 heavy (non-hydrogen) atoms. The van der Waals surface area contributed by atoms with E-state index >= 15 is 0 Å². The fourth-order valence-corrected chi connectivity index (χ4v) is 3.70. The van der Waals surface area contributed by atoms with Gasteiger partial charge in [-0.25, -0.2) is 4.39 Å². The van der Waals surface area contributed by atoms with Gasteiger partial charge in [-0.05, 0) is 30.5 Å². The van der Waals surface area contributed by atoms with Crippen molar-refractivity contribution in [2.24, 2.45) is 0 Å². The van der Waals surface area contributed by atoms with Gasteiger partial charge in [0.15, 0.2) is 0 Å². The number of rotatable bonds is 5. The summed E-state index contributed by atoms with van der Waals surface area (Å²) in [5, 5.41) is 0. The molecule has 0 unspecified atom stereocenters. The van der Waals surface area contributed by atoms with Crippen LogP contribution >= 0.6 is 0 Å². The molecule has 0 spiro atoms. The van der Waals surface area contributed by atoms with E-state index in [4.69, 9.17) is 4.74 Å². The highest BCUT2D eigenvalue weighted by molar-refractivity contribution is 5.89. The lowest BCUT2D eigenvalue weighted by atomic mass is 9.79. The van der Waals surface area contributed by atoms with Crippen LogP contribution in [0.15, 0.2) is 54.6 Å².